The predicted octanol–water partition coefficient (Wildman–Crippen LogP) is 1.59. The number of hydrogen-bond acceptors (Lipinski definition) is 3. The van der Waals surface area contributed by atoms with Crippen LogP contribution in [0.15, 0.2) is 24.3 Å². The van der Waals surface area contributed by atoms with Gasteiger partial charge in [-0.15, -0.1) is 0 Å². The Hall–Kier alpha value is -1.06. The predicted molar refractivity (Wildman–Crippen MR) is 63.5 cm³/mol. The molecule has 3 nitrogen and oxygen atoms in total. The van der Waals surface area contributed by atoms with E-state index in [0.717, 1.165) is 37.2 Å². The molecule has 2 heterocycles. The molecule has 2 aliphatic heterocycles. The molecule has 3 heteroatoms. The SMILES string of the molecule is NC1CC2(CCCNC2)Oc2ccccc21. The largest absolute Gasteiger partial charge is 0.486 e. The maximum Gasteiger partial charge on any atom is 0.124 e. The molecule has 2 atom stereocenters. The molecule has 86 valence electrons. The van der Waals surface area contributed by atoms with Crippen LogP contribution < -0.4 is 15.8 Å². The van der Waals surface area contributed by atoms with Crippen LogP contribution in [0.25, 0.3) is 0 Å². The van der Waals surface area contributed by atoms with Gasteiger partial charge in [-0.3, -0.25) is 0 Å². The van der Waals surface area contributed by atoms with Crippen LogP contribution in [0.5, 0.6) is 5.75 Å². The number of benzene rings is 1. The average Bonchev–Trinajstić information content (AvgIpc) is 2.30. The maximum atomic E-state index is 6.24. The van der Waals surface area contributed by atoms with Crippen molar-refractivity contribution in [2.45, 2.75) is 30.9 Å². The normalized spacial score (nSPS) is 33.2. The van der Waals surface area contributed by atoms with Gasteiger partial charge in [0.25, 0.3) is 0 Å². The first kappa shape index (κ1) is 10.1. The van der Waals surface area contributed by atoms with Gasteiger partial charge in [0.1, 0.15) is 11.4 Å². The molecule has 1 spiro atoms. The van der Waals surface area contributed by atoms with Crippen molar-refractivity contribution in [3.8, 4) is 5.75 Å². The Morgan fingerprint density at radius 1 is 1.38 bits per heavy atom. The van der Waals surface area contributed by atoms with Gasteiger partial charge in [0.15, 0.2) is 0 Å². The first-order chi connectivity index (χ1) is 7.79. The van der Waals surface area contributed by atoms with Gasteiger partial charge in [0.2, 0.25) is 0 Å². The zero-order chi connectivity index (χ0) is 11.0. The Labute approximate surface area is 96.0 Å². The summed E-state index contributed by atoms with van der Waals surface area (Å²) in [6.07, 6.45) is 3.22. The second kappa shape index (κ2) is 3.75. The van der Waals surface area contributed by atoms with E-state index in [2.05, 4.69) is 11.4 Å². The highest BCUT2D eigenvalue weighted by Gasteiger charge is 2.40. The van der Waals surface area contributed by atoms with E-state index in [1.165, 1.54) is 6.42 Å². The van der Waals surface area contributed by atoms with Gasteiger partial charge in [-0.25, -0.2) is 0 Å². The molecule has 0 amide bonds. The lowest BCUT2D eigenvalue weighted by Crippen LogP contribution is -2.53. The first-order valence-corrected chi connectivity index (χ1v) is 6.03. The molecule has 1 aromatic carbocycles. The Morgan fingerprint density at radius 2 is 2.25 bits per heavy atom. The van der Waals surface area contributed by atoms with E-state index in [1.807, 2.05) is 18.2 Å². The lowest BCUT2D eigenvalue weighted by Gasteiger charge is -2.43. The number of piperidine rings is 1. The highest BCUT2D eigenvalue weighted by molar-refractivity contribution is 5.38. The zero-order valence-electron chi connectivity index (χ0n) is 9.41. The highest BCUT2D eigenvalue weighted by atomic mass is 16.5. The molecule has 2 aliphatic rings. The van der Waals surface area contributed by atoms with Gasteiger partial charge in [-0.1, -0.05) is 18.2 Å². The van der Waals surface area contributed by atoms with Crippen molar-refractivity contribution in [1.29, 1.82) is 0 Å². The Morgan fingerprint density at radius 3 is 3.06 bits per heavy atom. The summed E-state index contributed by atoms with van der Waals surface area (Å²) in [4.78, 5) is 0. The highest BCUT2D eigenvalue weighted by Crippen LogP contribution is 2.40. The number of para-hydroxylation sites is 1. The van der Waals surface area contributed by atoms with Crippen LogP contribution >= 0.6 is 0 Å². The van der Waals surface area contributed by atoms with Crippen molar-refractivity contribution in [2.75, 3.05) is 13.1 Å². The van der Waals surface area contributed by atoms with E-state index < -0.39 is 0 Å². The number of nitrogens with one attached hydrogen (secondary N) is 1. The lowest BCUT2D eigenvalue weighted by molar-refractivity contribution is 0.0137. The molecule has 0 saturated carbocycles. The Kier molecular flexibility index (Phi) is 2.37. The average molecular weight is 218 g/mol. The third kappa shape index (κ3) is 1.60. The summed E-state index contributed by atoms with van der Waals surface area (Å²) in [6.45, 7) is 2.02. The van der Waals surface area contributed by atoms with Crippen molar-refractivity contribution in [1.82, 2.24) is 5.32 Å². The summed E-state index contributed by atoms with van der Waals surface area (Å²) in [5.41, 5.74) is 7.33. The molecule has 1 fully saturated rings. The van der Waals surface area contributed by atoms with Crippen molar-refractivity contribution >= 4 is 0 Å². The molecule has 0 aliphatic carbocycles. The summed E-state index contributed by atoms with van der Waals surface area (Å²) in [5, 5.41) is 3.42. The van der Waals surface area contributed by atoms with E-state index in [0.29, 0.717) is 0 Å². The van der Waals surface area contributed by atoms with Crippen molar-refractivity contribution < 1.29 is 4.74 Å². The lowest BCUT2D eigenvalue weighted by atomic mass is 9.83. The molecular formula is C13H18N2O. The Balaban J connectivity index is 1.93. The number of nitrogens with two attached hydrogens (primary N) is 1. The molecule has 3 rings (SSSR count). The molecule has 3 N–H and O–H groups in total. The van der Waals surface area contributed by atoms with Crippen LogP contribution in [0.2, 0.25) is 0 Å². The molecule has 2 unspecified atom stereocenters. The summed E-state index contributed by atoms with van der Waals surface area (Å²) < 4.78 is 6.19. The zero-order valence-corrected chi connectivity index (χ0v) is 9.41. The van der Waals surface area contributed by atoms with Gasteiger partial charge < -0.3 is 15.8 Å². The van der Waals surface area contributed by atoms with Crippen LogP contribution in [-0.4, -0.2) is 18.7 Å². The van der Waals surface area contributed by atoms with Gasteiger partial charge in [0.05, 0.1) is 0 Å². The van der Waals surface area contributed by atoms with Gasteiger partial charge >= 0.3 is 0 Å². The minimum atomic E-state index is -0.0635. The van der Waals surface area contributed by atoms with Crippen LogP contribution in [0, 0.1) is 0 Å². The quantitative estimate of drug-likeness (QED) is 0.695. The molecule has 1 aromatic rings. The molecule has 1 saturated heterocycles. The fraction of sp³-hybridized carbons (Fsp3) is 0.538. The van der Waals surface area contributed by atoms with Crippen molar-refractivity contribution in [3.05, 3.63) is 29.8 Å². The van der Waals surface area contributed by atoms with Gasteiger partial charge in [-0.05, 0) is 25.5 Å². The van der Waals surface area contributed by atoms with E-state index in [4.69, 9.17) is 10.5 Å². The summed E-state index contributed by atoms with van der Waals surface area (Å²) in [7, 11) is 0. The number of hydrogen-bond donors (Lipinski definition) is 2. The van der Waals surface area contributed by atoms with E-state index in [9.17, 15) is 0 Å². The number of fused-ring (bicyclic) bond motifs is 1. The number of ether oxygens (including phenoxy) is 1. The minimum absolute atomic E-state index is 0.0635. The van der Waals surface area contributed by atoms with Gasteiger partial charge in [0, 0.05) is 24.6 Å². The molecule has 16 heavy (non-hydrogen) atoms. The topological polar surface area (TPSA) is 47.3 Å². The van der Waals surface area contributed by atoms with Gasteiger partial charge in [-0.2, -0.15) is 0 Å². The van der Waals surface area contributed by atoms with E-state index >= 15 is 0 Å². The number of rotatable bonds is 0. The van der Waals surface area contributed by atoms with Crippen LogP contribution in [0.1, 0.15) is 30.9 Å². The summed E-state index contributed by atoms with van der Waals surface area (Å²) >= 11 is 0. The van der Waals surface area contributed by atoms with Crippen molar-refractivity contribution in [3.63, 3.8) is 0 Å². The van der Waals surface area contributed by atoms with Crippen LogP contribution in [0.4, 0.5) is 0 Å². The molecule has 0 aromatic heterocycles. The standard InChI is InChI=1S/C13H18N2O/c14-11-8-13(6-3-7-15-9-13)16-12-5-2-1-4-10(11)12/h1-2,4-5,11,15H,3,6-9,14H2. The summed E-state index contributed by atoms with van der Waals surface area (Å²) in [5.74, 6) is 0.977. The third-order valence-electron chi connectivity index (χ3n) is 3.67. The van der Waals surface area contributed by atoms with Crippen molar-refractivity contribution in [2.24, 2.45) is 5.73 Å². The van der Waals surface area contributed by atoms with E-state index in [-0.39, 0.29) is 11.6 Å². The molecule has 0 bridgehead atoms. The van der Waals surface area contributed by atoms with E-state index in [1.54, 1.807) is 0 Å². The van der Waals surface area contributed by atoms with Crippen LogP contribution in [-0.2, 0) is 0 Å². The second-order valence-electron chi connectivity index (χ2n) is 4.91. The minimum Gasteiger partial charge on any atom is -0.486 e. The first-order valence-electron chi connectivity index (χ1n) is 6.03. The maximum absolute atomic E-state index is 6.24. The molecule has 0 radical (unpaired) electrons. The fourth-order valence-corrected chi connectivity index (χ4v) is 2.87. The fourth-order valence-electron chi connectivity index (χ4n) is 2.87. The van der Waals surface area contributed by atoms with Crippen LogP contribution in [0.3, 0.4) is 0 Å². The summed E-state index contributed by atoms with van der Waals surface area (Å²) in [6, 6.07) is 8.26. The smallest absolute Gasteiger partial charge is 0.124 e. The monoisotopic (exact) mass is 218 g/mol. The third-order valence-corrected chi connectivity index (χ3v) is 3.67. The second-order valence-corrected chi connectivity index (χ2v) is 4.91. The Bertz CT molecular complexity index is 385. The molecular weight excluding hydrogens is 200 g/mol.